The highest BCUT2D eigenvalue weighted by Gasteiger charge is 2.24. The first-order valence-corrected chi connectivity index (χ1v) is 5.92. The summed E-state index contributed by atoms with van der Waals surface area (Å²) in [6.07, 6.45) is 2.32. The van der Waals surface area contributed by atoms with Crippen molar-refractivity contribution >= 4 is 5.69 Å². The van der Waals surface area contributed by atoms with Crippen LogP contribution in [0.3, 0.4) is 0 Å². The van der Waals surface area contributed by atoms with Crippen molar-refractivity contribution in [1.29, 1.82) is 0 Å². The van der Waals surface area contributed by atoms with Crippen LogP contribution >= 0.6 is 0 Å². The highest BCUT2D eigenvalue weighted by atomic mass is 19.1. The predicted octanol–water partition coefficient (Wildman–Crippen LogP) is 2.53. The number of hydrogen-bond donors (Lipinski definition) is 1. The minimum atomic E-state index is -0.0958. The van der Waals surface area contributed by atoms with Gasteiger partial charge in [0.25, 0.3) is 0 Å². The fourth-order valence-electron chi connectivity index (χ4n) is 2.48. The maximum Gasteiger partial charge on any atom is 0.146 e. The summed E-state index contributed by atoms with van der Waals surface area (Å²) >= 11 is 0. The minimum Gasteiger partial charge on any atom is -0.366 e. The van der Waals surface area contributed by atoms with Gasteiger partial charge in [-0.15, -0.1) is 0 Å². The van der Waals surface area contributed by atoms with Crippen LogP contribution < -0.4 is 10.2 Å². The van der Waals surface area contributed by atoms with Crippen LogP contribution in [0.5, 0.6) is 0 Å². The third-order valence-corrected chi connectivity index (χ3v) is 3.28. The van der Waals surface area contributed by atoms with E-state index in [1.165, 1.54) is 0 Å². The van der Waals surface area contributed by atoms with E-state index in [1.807, 2.05) is 13.1 Å². The standard InChI is InChI=1S/C13H19FN2/c1-10-5-4-8-16(10)13-11(9-15-2)6-3-7-12(13)14/h3,6-7,10,15H,4-5,8-9H2,1-2H3. The van der Waals surface area contributed by atoms with E-state index in [1.54, 1.807) is 12.1 Å². The quantitative estimate of drug-likeness (QED) is 0.845. The molecular weight excluding hydrogens is 203 g/mol. The summed E-state index contributed by atoms with van der Waals surface area (Å²) in [6, 6.07) is 5.79. The molecule has 3 heteroatoms. The summed E-state index contributed by atoms with van der Waals surface area (Å²) in [4.78, 5) is 2.20. The van der Waals surface area contributed by atoms with Gasteiger partial charge in [-0.1, -0.05) is 12.1 Å². The molecule has 0 amide bonds. The van der Waals surface area contributed by atoms with Crippen LogP contribution in [-0.4, -0.2) is 19.6 Å². The Balaban J connectivity index is 2.36. The van der Waals surface area contributed by atoms with Crippen LogP contribution in [-0.2, 0) is 6.54 Å². The molecule has 0 aliphatic carbocycles. The van der Waals surface area contributed by atoms with Crippen LogP contribution in [0.2, 0.25) is 0 Å². The molecule has 1 aromatic carbocycles. The number of para-hydroxylation sites is 1. The molecule has 1 N–H and O–H groups in total. The lowest BCUT2D eigenvalue weighted by Crippen LogP contribution is -2.29. The first-order valence-electron chi connectivity index (χ1n) is 5.92. The van der Waals surface area contributed by atoms with E-state index in [4.69, 9.17) is 0 Å². The molecule has 2 rings (SSSR count). The van der Waals surface area contributed by atoms with E-state index < -0.39 is 0 Å². The zero-order chi connectivity index (χ0) is 11.5. The fraction of sp³-hybridized carbons (Fsp3) is 0.538. The Morgan fingerprint density at radius 2 is 2.31 bits per heavy atom. The molecule has 0 saturated carbocycles. The van der Waals surface area contributed by atoms with E-state index in [2.05, 4.69) is 17.1 Å². The monoisotopic (exact) mass is 222 g/mol. The number of hydrogen-bond acceptors (Lipinski definition) is 2. The number of anilines is 1. The zero-order valence-electron chi connectivity index (χ0n) is 9.96. The maximum absolute atomic E-state index is 13.9. The molecule has 16 heavy (non-hydrogen) atoms. The van der Waals surface area contributed by atoms with E-state index >= 15 is 0 Å². The van der Waals surface area contributed by atoms with Gasteiger partial charge in [-0.05, 0) is 38.4 Å². The smallest absolute Gasteiger partial charge is 0.146 e. The summed E-state index contributed by atoms with van der Waals surface area (Å²) in [7, 11) is 1.89. The van der Waals surface area contributed by atoms with Crippen LogP contribution in [0, 0.1) is 5.82 Å². The number of nitrogens with zero attached hydrogens (tertiary/aromatic N) is 1. The number of rotatable bonds is 3. The normalized spacial score (nSPS) is 20.4. The molecule has 1 heterocycles. The van der Waals surface area contributed by atoms with E-state index in [9.17, 15) is 4.39 Å². The van der Waals surface area contributed by atoms with Gasteiger partial charge in [-0.2, -0.15) is 0 Å². The molecule has 0 bridgehead atoms. The van der Waals surface area contributed by atoms with Crippen molar-refractivity contribution < 1.29 is 4.39 Å². The summed E-state index contributed by atoms with van der Waals surface area (Å²) in [5.41, 5.74) is 1.85. The SMILES string of the molecule is CNCc1cccc(F)c1N1CCCC1C. The van der Waals surface area contributed by atoms with Gasteiger partial charge in [0.15, 0.2) is 0 Å². The lowest BCUT2D eigenvalue weighted by molar-refractivity contribution is 0.608. The average molecular weight is 222 g/mol. The van der Waals surface area contributed by atoms with Crippen molar-refractivity contribution in [3.63, 3.8) is 0 Å². The molecule has 0 aromatic heterocycles. The van der Waals surface area contributed by atoms with Gasteiger partial charge < -0.3 is 10.2 Å². The lowest BCUT2D eigenvalue weighted by Gasteiger charge is -2.26. The Morgan fingerprint density at radius 1 is 1.50 bits per heavy atom. The highest BCUT2D eigenvalue weighted by molar-refractivity contribution is 5.56. The second-order valence-electron chi connectivity index (χ2n) is 4.46. The first kappa shape index (κ1) is 11.4. The van der Waals surface area contributed by atoms with Crippen LogP contribution in [0.4, 0.5) is 10.1 Å². The van der Waals surface area contributed by atoms with Gasteiger partial charge in [0.1, 0.15) is 5.82 Å². The fourth-order valence-corrected chi connectivity index (χ4v) is 2.48. The molecule has 0 radical (unpaired) electrons. The van der Waals surface area contributed by atoms with Crippen molar-refractivity contribution in [2.45, 2.75) is 32.4 Å². The third kappa shape index (κ3) is 2.05. The molecule has 1 unspecified atom stereocenters. The van der Waals surface area contributed by atoms with Crippen molar-refractivity contribution in [1.82, 2.24) is 5.32 Å². The molecule has 0 spiro atoms. The Kier molecular flexibility index (Phi) is 3.44. The zero-order valence-corrected chi connectivity index (χ0v) is 9.96. The van der Waals surface area contributed by atoms with Gasteiger partial charge in [-0.3, -0.25) is 0 Å². The van der Waals surface area contributed by atoms with Crippen molar-refractivity contribution in [2.75, 3.05) is 18.5 Å². The molecule has 1 aromatic rings. The van der Waals surface area contributed by atoms with Gasteiger partial charge in [0.05, 0.1) is 5.69 Å². The molecule has 1 saturated heterocycles. The lowest BCUT2D eigenvalue weighted by atomic mass is 10.1. The Bertz CT molecular complexity index is 365. The molecule has 88 valence electrons. The predicted molar refractivity (Wildman–Crippen MR) is 65.2 cm³/mol. The number of benzene rings is 1. The minimum absolute atomic E-state index is 0.0958. The second-order valence-corrected chi connectivity index (χ2v) is 4.46. The Labute approximate surface area is 96.5 Å². The maximum atomic E-state index is 13.9. The molecule has 1 fully saturated rings. The second kappa shape index (κ2) is 4.83. The molecule has 1 aliphatic rings. The van der Waals surface area contributed by atoms with Crippen LogP contribution in [0.1, 0.15) is 25.3 Å². The summed E-state index contributed by atoms with van der Waals surface area (Å²) in [5.74, 6) is -0.0958. The molecule has 2 nitrogen and oxygen atoms in total. The Morgan fingerprint density at radius 3 is 2.94 bits per heavy atom. The highest BCUT2D eigenvalue weighted by Crippen LogP contribution is 2.31. The summed E-state index contributed by atoms with van der Waals surface area (Å²) < 4.78 is 13.9. The summed E-state index contributed by atoms with van der Waals surface area (Å²) in [6.45, 7) is 3.86. The average Bonchev–Trinajstić information content (AvgIpc) is 2.65. The molecule has 1 aliphatic heterocycles. The molecule has 1 atom stereocenters. The van der Waals surface area contributed by atoms with Crippen LogP contribution in [0.25, 0.3) is 0 Å². The van der Waals surface area contributed by atoms with Crippen LogP contribution in [0.15, 0.2) is 18.2 Å². The largest absolute Gasteiger partial charge is 0.366 e. The molecular formula is C13H19FN2. The summed E-state index contributed by atoms with van der Waals surface area (Å²) in [5, 5.41) is 3.10. The van der Waals surface area contributed by atoms with Gasteiger partial charge in [-0.25, -0.2) is 4.39 Å². The Hall–Kier alpha value is -1.09. The van der Waals surface area contributed by atoms with Gasteiger partial charge >= 0.3 is 0 Å². The van der Waals surface area contributed by atoms with Gasteiger partial charge in [0, 0.05) is 19.1 Å². The van der Waals surface area contributed by atoms with Crippen molar-refractivity contribution in [3.05, 3.63) is 29.6 Å². The first-order chi connectivity index (χ1) is 7.74. The van der Waals surface area contributed by atoms with E-state index in [-0.39, 0.29) is 5.82 Å². The number of halogens is 1. The van der Waals surface area contributed by atoms with E-state index in [0.29, 0.717) is 6.04 Å². The topological polar surface area (TPSA) is 15.3 Å². The number of nitrogens with one attached hydrogen (secondary N) is 1. The van der Waals surface area contributed by atoms with Crippen molar-refractivity contribution in [2.24, 2.45) is 0 Å². The van der Waals surface area contributed by atoms with Gasteiger partial charge in [0.2, 0.25) is 0 Å². The van der Waals surface area contributed by atoms with Crippen molar-refractivity contribution in [3.8, 4) is 0 Å². The third-order valence-electron chi connectivity index (χ3n) is 3.28. The van der Waals surface area contributed by atoms with E-state index in [0.717, 1.165) is 37.2 Å².